The lowest BCUT2D eigenvalue weighted by Gasteiger charge is -2.13. The molecule has 164 valence electrons. The molecule has 0 saturated heterocycles. The van der Waals surface area contributed by atoms with Crippen LogP contribution in [0.5, 0.6) is 0 Å². The van der Waals surface area contributed by atoms with Crippen LogP contribution in [0.4, 0.5) is 5.69 Å². The summed E-state index contributed by atoms with van der Waals surface area (Å²) in [5, 5.41) is 8.88. The molecule has 0 aromatic heterocycles. The molecule has 0 radical (unpaired) electrons. The highest BCUT2D eigenvalue weighted by Gasteiger charge is 2.23. The molecular weight excluding hydrogens is 388 g/mol. The van der Waals surface area contributed by atoms with Crippen LogP contribution in [0.15, 0.2) is 60.4 Å². The normalized spacial score (nSPS) is 13.5. The van der Waals surface area contributed by atoms with Gasteiger partial charge < -0.3 is 21.7 Å². The number of hydrogen-bond acceptors (Lipinski definition) is 4. The summed E-state index contributed by atoms with van der Waals surface area (Å²) in [7, 11) is 0. The molecule has 2 amide bonds. The van der Waals surface area contributed by atoms with Gasteiger partial charge in [-0.25, -0.2) is 0 Å². The number of hydrogen-bond donors (Lipinski definition) is 4. The second kappa shape index (κ2) is 11.2. The molecule has 3 rings (SSSR count). The Morgan fingerprint density at radius 3 is 2.52 bits per heavy atom. The number of unbranched alkanes of at least 4 members (excludes halogenated alkanes) is 1. The van der Waals surface area contributed by atoms with E-state index in [1.165, 1.54) is 11.8 Å². The maximum absolute atomic E-state index is 12.3. The van der Waals surface area contributed by atoms with Crippen LogP contribution in [0.3, 0.4) is 0 Å². The van der Waals surface area contributed by atoms with Crippen molar-refractivity contribution in [2.45, 2.75) is 51.5 Å². The third-order valence-corrected chi connectivity index (χ3v) is 5.27. The molecule has 2 aromatic carbocycles. The molecule has 31 heavy (non-hydrogen) atoms. The van der Waals surface area contributed by atoms with Crippen LogP contribution in [0.1, 0.15) is 54.1 Å². The van der Waals surface area contributed by atoms with E-state index in [4.69, 9.17) is 5.73 Å². The fourth-order valence-corrected chi connectivity index (χ4v) is 3.35. The zero-order valence-corrected chi connectivity index (χ0v) is 18.1. The molecular formula is C25H32N4O2. The summed E-state index contributed by atoms with van der Waals surface area (Å²) >= 11 is 0. The van der Waals surface area contributed by atoms with Gasteiger partial charge in [-0.3, -0.25) is 9.59 Å². The number of aryl methyl sites for hydroxylation is 2. The first-order valence-corrected chi connectivity index (χ1v) is 11.0. The smallest absolute Gasteiger partial charge is 0.268 e. The Hall–Kier alpha value is -3.28. The standard InChI is InChI=1S/C25H32N4O2/c1-2-27-24(30)20-12-15-23(28-17-22(26)25(31)29-21-13-14-21)19(16-20)11-7-6-10-18-8-4-3-5-9-18/h3-5,8-9,12,15-17,21,28H,2,6-7,10-11,13-14,26H2,1H3,(H,27,30)(H,29,31)/b22-17-. The maximum Gasteiger partial charge on any atom is 0.268 e. The van der Waals surface area contributed by atoms with E-state index < -0.39 is 0 Å². The van der Waals surface area contributed by atoms with Crippen LogP contribution >= 0.6 is 0 Å². The summed E-state index contributed by atoms with van der Waals surface area (Å²) in [5.41, 5.74) is 9.91. The zero-order valence-electron chi connectivity index (χ0n) is 18.1. The van der Waals surface area contributed by atoms with Gasteiger partial charge in [-0.1, -0.05) is 30.3 Å². The van der Waals surface area contributed by atoms with Gasteiger partial charge in [0.15, 0.2) is 0 Å². The molecule has 0 atom stereocenters. The summed E-state index contributed by atoms with van der Waals surface area (Å²) in [4.78, 5) is 24.3. The monoisotopic (exact) mass is 420 g/mol. The van der Waals surface area contributed by atoms with Crippen LogP contribution in [0.2, 0.25) is 0 Å². The van der Waals surface area contributed by atoms with Gasteiger partial charge >= 0.3 is 0 Å². The summed E-state index contributed by atoms with van der Waals surface area (Å²) < 4.78 is 0. The predicted octanol–water partition coefficient (Wildman–Crippen LogP) is 3.49. The number of benzene rings is 2. The first-order chi connectivity index (χ1) is 15.1. The number of nitrogens with one attached hydrogen (secondary N) is 3. The number of amides is 2. The fraction of sp³-hybridized carbons (Fsp3) is 0.360. The van der Waals surface area contributed by atoms with Gasteiger partial charge in [0.2, 0.25) is 0 Å². The molecule has 0 aliphatic heterocycles. The van der Waals surface area contributed by atoms with Crippen molar-refractivity contribution in [3.8, 4) is 0 Å². The quantitative estimate of drug-likeness (QED) is 0.330. The van der Waals surface area contributed by atoms with Crippen LogP contribution in [-0.4, -0.2) is 24.4 Å². The lowest BCUT2D eigenvalue weighted by atomic mass is 10.0. The Bertz CT molecular complexity index is 920. The molecule has 1 saturated carbocycles. The average molecular weight is 421 g/mol. The van der Waals surface area contributed by atoms with Crippen LogP contribution in [0.25, 0.3) is 0 Å². The minimum absolute atomic E-state index is 0.0848. The van der Waals surface area contributed by atoms with Crippen molar-refractivity contribution < 1.29 is 9.59 Å². The van der Waals surface area contributed by atoms with Crippen molar-refractivity contribution in [2.75, 3.05) is 11.9 Å². The molecule has 0 spiro atoms. The van der Waals surface area contributed by atoms with E-state index in [-0.39, 0.29) is 23.6 Å². The van der Waals surface area contributed by atoms with E-state index >= 15 is 0 Å². The van der Waals surface area contributed by atoms with Gasteiger partial charge in [0.1, 0.15) is 5.70 Å². The first kappa shape index (κ1) is 22.4. The van der Waals surface area contributed by atoms with E-state index in [0.717, 1.165) is 49.8 Å². The third-order valence-electron chi connectivity index (χ3n) is 5.27. The highest BCUT2D eigenvalue weighted by molar-refractivity contribution is 5.95. The van der Waals surface area contributed by atoms with Crippen molar-refractivity contribution in [2.24, 2.45) is 5.73 Å². The fourth-order valence-electron chi connectivity index (χ4n) is 3.35. The molecule has 2 aromatic rings. The highest BCUT2D eigenvalue weighted by Crippen LogP contribution is 2.22. The van der Waals surface area contributed by atoms with Crippen LogP contribution in [-0.2, 0) is 17.6 Å². The van der Waals surface area contributed by atoms with Gasteiger partial charge in [-0.05, 0) is 74.8 Å². The number of carbonyl (C=O) groups excluding carboxylic acids is 2. The van der Waals surface area contributed by atoms with Gasteiger partial charge in [-0.15, -0.1) is 0 Å². The molecule has 1 fully saturated rings. The minimum Gasteiger partial charge on any atom is -0.393 e. The van der Waals surface area contributed by atoms with E-state index in [1.807, 2.05) is 25.1 Å². The van der Waals surface area contributed by atoms with Gasteiger partial charge in [-0.2, -0.15) is 0 Å². The predicted molar refractivity (Wildman–Crippen MR) is 125 cm³/mol. The van der Waals surface area contributed by atoms with E-state index in [1.54, 1.807) is 6.07 Å². The Morgan fingerprint density at radius 1 is 1.06 bits per heavy atom. The average Bonchev–Trinajstić information content (AvgIpc) is 3.60. The molecule has 1 aliphatic carbocycles. The van der Waals surface area contributed by atoms with Gasteiger partial charge in [0.25, 0.3) is 11.8 Å². The lowest BCUT2D eigenvalue weighted by molar-refractivity contribution is -0.117. The number of rotatable bonds is 11. The van der Waals surface area contributed by atoms with Gasteiger partial charge in [0, 0.05) is 30.0 Å². The Kier molecular flexibility index (Phi) is 8.10. The number of anilines is 1. The summed E-state index contributed by atoms with van der Waals surface area (Å²) in [6.45, 7) is 2.49. The van der Waals surface area contributed by atoms with Gasteiger partial charge in [0.05, 0.1) is 0 Å². The molecule has 0 unspecified atom stereocenters. The van der Waals surface area contributed by atoms with E-state index in [0.29, 0.717) is 12.1 Å². The second-order valence-corrected chi connectivity index (χ2v) is 7.92. The highest BCUT2D eigenvalue weighted by atomic mass is 16.2. The Balaban J connectivity index is 1.65. The number of nitrogens with two attached hydrogens (primary N) is 1. The first-order valence-electron chi connectivity index (χ1n) is 11.0. The van der Waals surface area contributed by atoms with Crippen LogP contribution in [0, 0.1) is 0 Å². The SMILES string of the molecule is CCNC(=O)c1ccc(N/C=C(\N)C(=O)NC2CC2)c(CCCCc2ccccc2)c1. The minimum atomic E-state index is -0.252. The van der Waals surface area contributed by atoms with Crippen molar-refractivity contribution >= 4 is 17.5 Å². The third kappa shape index (κ3) is 7.17. The second-order valence-electron chi connectivity index (χ2n) is 7.92. The molecule has 6 nitrogen and oxygen atoms in total. The molecule has 6 heteroatoms. The van der Waals surface area contributed by atoms with Crippen molar-refractivity contribution in [1.82, 2.24) is 10.6 Å². The van der Waals surface area contributed by atoms with Crippen molar-refractivity contribution in [3.05, 3.63) is 77.1 Å². The number of carbonyl (C=O) groups is 2. The summed E-state index contributed by atoms with van der Waals surface area (Å²) in [6.07, 6.45) is 7.45. The Morgan fingerprint density at radius 2 is 1.81 bits per heavy atom. The van der Waals surface area contributed by atoms with E-state index in [9.17, 15) is 9.59 Å². The van der Waals surface area contributed by atoms with Crippen molar-refractivity contribution in [3.63, 3.8) is 0 Å². The maximum atomic E-state index is 12.3. The Labute approximate surface area is 184 Å². The molecule has 0 bridgehead atoms. The topological polar surface area (TPSA) is 96.2 Å². The zero-order chi connectivity index (χ0) is 22.1. The molecule has 5 N–H and O–H groups in total. The summed E-state index contributed by atoms with van der Waals surface area (Å²) in [5.74, 6) is -0.336. The lowest BCUT2D eigenvalue weighted by Crippen LogP contribution is -2.30. The molecule has 0 heterocycles. The molecule has 1 aliphatic rings. The van der Waals surface area contributed by atoms with Crippen molar-refractivity contribution in [1.29, 1.82) is 0 Å². The van der Waals surface area contributed by atoms with E-state index in [2.05, 4.69) is 40.2 Å². The van der Waals surface area contributed by atoms with Crippen LogP contribution < -0.4 is 21.7 Å². The largest absolute Gasteiger partial charge is 0.393 e. The summed E-state index contributed by atoms with van der Waals surface area (Å²) in [6, 6.07) is 16.3.